The van der Waals surface area contributed by atoms with Gasteiger partial charge in [0.2, 0.25) is 6.08 Å². The highest BCUT2D eigenvalue weighted by molar-refractivity contribution is 8.76. The second-order valence-corrected chi connectivity index (χ2v) is 3.36. The van der Waals surface area contributed by atoms with Gasteiger partial charge in [-0.05, 0) is 12.2 Å². The van der Waals surface area contributed by atoms with Gasteiger partial charge in [0.05, 0.1) is 22.7 Å². The van der Waals surface area contributed by atoms with Crippen LogP contribution in [0.25, 0.3) is 0 Å². The van der Waals surface area contributed by atoms with Gasteiger partial charge in [0.15, 0.2) is 0 Å². The lowest BCUT2D eigenvalue weighted by Gasteiger charge is -1.86. The van der Waals surface area contributed by atoms with Crippen molar-refractivity contribution in [1.29, 1.82) is 0 Å². The van der Waals surface area contributed by atoms with E-state index in [1.807, 2.05) is 0 Å². The van der Waals surface area contributed by atoms with E-state index in [1.165, 1.54) is 16.9 Å². The Bertz CT molecular complexity index is 151. The maximum atomic E-state index is 9.52. The van der Waals surface area contributed by atoms with Gasteiger partial charge in [0.25, 0.3) is 0 Å². The maximum Gasteiger partial charge on any atom is 0.248 e. The normalized spacial score (nSPS) is 7.60. The zero-order valence-electron chi connectivity index (χ0n) is 4.94. The molecule has 3 nitrogen and oxygen atoms in total. The van der Waals surface area contributed by atoms with Gasteiger partial charge < -0.3 is 0 Å². The fourth-order valence-corrected chi connectivity index (χ4v) is 1.32. The summed E-state index contributed by atoms with van der Waals surface area (Å²) in [5, 5.41) is 2.24. The van der Waals surface area contributed by atoms with Crippen LogP contribution < -0.4 is 0 Å². The number of hydrogen-bond donors (Lipinski definition) is 0. The molecule has 0 aromatic rings. The number of rotatable bonds is 5. The molecule has 6 heteroatoms. The van der Waals surface area contributed by atoms with Crippen LogP contribution in [-0.4, -0.2) is 23.5 Å². The Balaban J connectivity index is 3.04. The van der Waals surface area contributed by atoms with Crippen LogP contribution in [0.5, 0.6) is 0 Å². The summed E-state index contributed by atoms with van der Waals surface area (Å²) in [5.41, 5.74) is 0. The molecule has 0 aliphatic carbocycles. The van der Waals surface area contributed by atoms with Crippen LogP contribution in [-0.2, 0) is 4.79 Å². The van der Waals surface area contributed by atoms with Crippen molar-refractivity contribution in [2.24, 2.45) is 9.39 Å². The number of aliphatic imine (C=N–C) groups is 1. The van der Waals surface area contributed by atoms with Gasteiger partial charge in [-0.15, -0.1) is 4.40 Å². The molecule has 0 aromatic heterocycles. The maximum absolute atomic E-state index is 9.52. The Morgan fingerprint density at radius 1 is 1.60 bits per heavy atom. The first-order chi connectivity index (χ1) is 4.91. The second-order valence-electron chi connectivity index (χ2n) is 1.05. The average Bonchev–Trinajstić information content (AvgIpc) is 1.97. The van der Waals surface area contributed by atoms with E-state index in [-0.39, 0.29) is 0 Å². The van der Waals surface area contributed by atoms with E-state index in [9.17, 15) is 4.79 Å². The summed E-state index contributed by atoms with van der Waals surface area (Å²) in [6, 6.07) is 0. The molecule has 0 saturated carbocycles. The Morgan fingerprint density at radius 3 is 3.00 bits per heavy atom. The summed E-state index contributed by atoms with van der Waals surface area (Å²) in [6.07, 6.45) is 1.41. The molecule has 10 heavy (non-hydrogen) atoms. The number of isocyanates is 1. The molecule has 0 radical (unpaired) electrons. The molecular weight excluding hydrogens is 188 g/mol. The van der Waals surface area contributed by atoms with Gasteiger partial charge in [-0.3, -0.25) is 0 Å². The summed E-state index contributed by atoms with van der Waals surface area (Å²) < 4.78 is 3.26. The van der Waals surface area contributed by atoms with E-state index < -0.39 is 0 Å². The zero-order valence-corrected chi connectivity index (χ0v) is 7.39. The highest BCUT2D eigenvalue weighted by Gasteiger charge is 1.84. The van der Waals surface area contributed by atoms with Crippen molar-refractivity contribution in [3.8, 4) is 0 Å². The summed E-state index contributed by atoms with van der Waals surface area (Å²) in [5.74, 6) is 0.777. The van der Waals surface area contributed by atoms with Crippen LogP contribution in [0, 0.1) is 0 Å². The van der Waals surface area contributed by atoms with E-state index >= 15 is 0 Å². The van der Waals surface area contributed by atoms with Crippen LogP contribution in [0.1, 0.15) is 0 Å². The molecule has 0 heterocycles. The van der Waals surface area contributed by atoms with Crippen molar-refractivity contribution < 1.29 is 4.79 Å². The second kappa shape index (κ2) is 8.88. The summed E-state index contributed by atoms with van der Waals surface area (Å²) in [6.45, 7) is 0.621. The summed E-state index contributed by atoms with van der Waals surface area (Å²) in [4.78, 5) is 13.2. The average molecular weight is 192 g/mol. The van der Waals surface area contributed by atoms with Gasteiger partial charge in [-0.1, -0.05) is 10.8 Å². The Hall–Kier alpha value is -0.120. The minimum atomic E-state index is 0.621. The first kappa shape index (κ1) is 9.88. The van der Waals surface area contributed by atoms with Crippen molar-refractivity contribution in [3.63, 3.8) is 0 Å². The van der Waals surface area contributed by atoms with Crippen molar-refractivity contribution in [2.45, 2.75) is 0 Å². The van der Waals surface area contributed by atoms with E-state index in [0.717, 1.165) is 16.7 Å². The predicted octanol–water partition coefficient (Wildman–Crippen LogP) is 1.72. The Kier molecular flexibility index (Phi) is 8.77. The molecule has 0 spiro atoms. The fourth-order valence-electron chi connectivity index (χ4n) is 0.207. The van der Waals surface area contributed by atoms with Crippen molar-refractivity contribution in [3.05, 3.63) is 0 Å². The highest BCUT2D eigenvalue weighted by atomic mass is 33.1. The van der Waals surface area contributed by atoms with Gasteiger partial charge in [-0.2, -0.15) is 0 Å². The zero-order chi connectivity index (χ0) is 7.66. The van der Waals surface area contributed by atoms with Crippen molar-refractivity contribution in [2.75, 3.05) is 12.3 Å². The lowest BCUT2D eigenvalue weighted by atomic mass is 10.8. The first-order valence-corrected chi connectivity index (χ1v) is 4.99. The highest BCUT2D eigenvalue weighted by Crippen LogP contribution is 2.20. The monoisotopic (exact) mass is 192 g/mol. The van der Waals surface area contributed by atoms with Gasteiger partial charge in [0.1, 0.15) is 0 Å². The van der Waals surface area contributed by atoms with E-state index in [2.05, 4.69) is 26.8 Å². The van der Waals surface area contributed by atoms with Gasteiger partial charge >= 0.3 is 0 Å². The molecule has 0 rings (SSSR count). The molecule has 0 N–H and O–H groups in total. The molecule has 0 atom stereocenters. The largest absolute Gasteiger partial charge is 0.248 e. The SMILES string of the molecule is O=C=NSSCCN=C=S. The van der Waals surface area contributed by atoms with Crippen LogP contribution in [0.4, 0.5) is 0 Å². The van der Waals surface area contributed by atoms with E-state index in [1.54, 1.807) is 0 Å². The Labute approximate surface area is 71.9 Å². The molecule has 0 unspecified atom stereocenters. The summed E-state index contributed by atoms with van der Waals surface area (Å²) in [7, 11) is 2.53. The lowest BCUT2D eigenvalue weighted by molar-refractivity contribution is 0.566. The smallest absolute Gasteiger partial charge is 0.232 e. The van der Waals surface area contributed by atoms with E-state index in [4.69, 9.17) is 0 Å². The first-order valence-electron chi connectivity index (χ1n) is 2.31. The number of thiocarbonyl (C=S) groups is 1. The molecule has 0 aromatic carbocycles. The number of nitrogens with zero attached hydrogens (tertiary/aromatic N) is 2. The minimum Gasteiger partial charge on any atom is -0.232 e. The third-order valence-corrected chi connectivity index (χ3v) is 2.25. The van der Waals surface area contributed by atoms with Crippen molar-refractivity contribution >= 4 is 45.2 Å². The predicted molar refractivity (Wildman–Crippen MR) is 48.1 cm³/mol. The van der Waals surface area contributed by atoms with Crippen LogP contribution in [0.3, 0.4) is 0 Å². The standard InChI is InChI=1S/C4H4N2OS3/c7-3-6-10-9-2-1-5-4-8/h1-2H2. The lowest BCUT2D eigenvalue weighted by Crippen LogP contribution is -1.79. The molecule has 0 bridgehead atoms. The van der Waals surface area contributed by atoms with Crippen LogP contribution >= 0.6 is 34.0 Å². The molecule has 0 saturated heterocycles. The number of carbonyl (C=O) groups excluding carboxylic acids is 1. The minimum absolute atomic E-state index is 0.621. The topological polar surface area (TPSA) is 41.8 Å². The van der Waals surface area contributed by atoms with Crippen LogP contribution in [0.2, 0.25) is 0 Å². The fraction of sp³-hybridized carbons (Fsp3) is 0.500. The molecular formula is C4H4N2OS3. The molecule has 54 valence electrons. The quantitative estimate of drug-likeness (QED) is 0.166. The van der Waals surface area contributed by atoms with Crippen molar-refractivity contribution in [1.82, 2.24) is 0 Å². The van der Waals surface area contributed by atoms with Gasteiger partial charge in [0, 0.05) is 5.75 Å². The number of isothiocyanates is 1. The van der Waals surface area contributed by atoms with E-state index in [0.29, 0.717) is 6.54 Å². The third-order valence-electron chi connectivity index (χ3n) is 0.478. The third kappa shape index (κ3) is 7.88. The molecule has 0 aliphatic rings. The molecule has 0 fully saturated rings. The Morgan fingerprint density at radius 2 is 2.40 bits per heavy atom. The summed E-state index contributed by atoms with van der Waals surface area (Å²) >= 11 is 4.33. The molecule has 0 amide bonds. The van der Waals surface area contributed by atoms with Gasteiger partial charge in [-0.25, -0.2) is 9.79 Å². The number of hydrogen-bond acceptors (Lipinski definition) is 6. The van der Waals surface area contributed by atoms with Crippen LogP contribution in [0.15, 0.2) is 9.39 Å². The molecule has 0 aliphatic heterocycles.